The number of nitrogens with one attached hydrogen (secondary N) is 1. The summed E-state index contributed by atoms with van der Waals surface area (Å²) in [5.74, 6) is 0.599. The number of hydrogen-bond acceptors (Lipinski definition) is 3. The van der Waals surface area contributed by atoms with E-state index < -0.39 is 0 Å². The van der Waals surface area contributed by atoms with E-state index in [1.54, 1.807) is 6.08 Å². The smallest absolute Gasteiger partial charge is 0.244 e. The lowest BCUT2D eigenvalue weighted by Gasteiger charge is -2.02. The van der Waals surface area contributed by atoms with Crippen molar-refractivity contribution in [3.05, 3.63) is 35.9 Å². The number of amides is 1. The van der Waals surface area contributed by atoms with Crippen molar-refractivity contribution in [2.75, 3.05) is 19.8 Å². The number of aliphatic hydroxyl groups excluding tert-OH is 1. The Morgan fingerprint density at radius 1 is 1.41 bits per heavy atom. The summed E-state index contributed by atoms with van der Waals surface area (Å²) in [5.41, 5.74) is 0.924. The molecule has 0 heterocycles. The average molecular weight is 235 g/mol. The van der Waals surface area contributed by atoms with Gasteiger partial charge in [0.05, 0.1) is 13.2 Å². The van der Waals surface area contributed by atoms with Gasteiger partial charge in [0, 0.05) is 12.6 Å². The predicted octanol–water partition coefficient (Wildman–Crippen LogP) is 1.21. The second-order valence-corrected chi connectivity index (χ2v) is 3.35. The second kappa shape index (κ2) is 7.46. The van der Waals surface area contributed by atoms with Gasteiger partial charge in [-0.2, -0.15) is 0 Å². The van der Waals surface area contributed by atoms with Crippen molar-refractivity contribution in [2.45, 2.75) is 6.92 Å². The van der Waals surface area contributed by atoms with Crippen molar-refractivity contribution in [3.8, 4) is 5.75 Å². The van der Waals surface area contributed by atoms with Gasteiger partial charge in [0.25, 0.3) is 0 Å². The lowest BCUT2D eigenvalue weighted by atomic mass is 10.2. The molecule has 1 aromatic rings. The molecule has 0 aliphatic heterocycles. The van der Waals surface area contributed by atoms with Crippen LogP contribution < -0.4 is 10.1 Å². The number of carbonyl (C=O) groups excluding carboxylic acids is 1. The highest BCUT2D eigenvalue weighted by Gasteiger charge is 1.94. The van der Waals surface area contributed by atoms with Gasteiger partial charge in [-0.15, -0.1) is 0 Å². The van der Waals surface area contributed by atoms with Crippen LogP contribution in [0.3, 0.4) is 0 Å². The van der Waals surface area contributed by atoms with Crippen molar-refractivity contribution >= 4 is 12.0 Å². The van der Waals surface area contributed by atoms with Gasteiger partial charge in [-0.25, -0.2) is 0 Å². The second-order valence-electron chi connectivity index (χ2n) is 3.35. The zero-order valence-electron chi connectivity index (χ0n) is 9.85. The first-order chi connectivity index (χ1) is 8.26. The largest absolute Gasteiger partial charge is 0.494 e. The minimum atomic E-state index is -0.215. The van der Waals surface area contributed by atoms with E-state index >= 15 is 0 Å². The molecule has 17 heavy (non-hydrogen) atoms. The van der Waals surface area contributed by atoms with Crippen molar-refractivity contribution in [2.24, 2.45) is 0 Å². The molecule has 0 bridgehead atoms. The molecule has 1 aromatic carbocycles. The predicted molar refractivity (Wildman–Crippen MR) is 66.7 cm³/mol. The van der Waals surface area contributed by atoms with E-state index in [1.165, 1.54) is 6.08 Å². The molecule has 4 heteroatoms. The van der Waals surface area contributed by atoms with Crippen LogP contribution in [0.15, 0.2) is 30.3 Å². The van der Waals surface area contributed by atoms with E-state index in [2.05, 4.69) is 5.32 Å². The Labute approximate surface area is 101 Å². The Bertz CT molecular complexity index is 371. The van der Waals surface area contributed by atoms with Crippen LogP contribution >= 0.6 is 0 Å². The molecule has 0 aliphatic rings. The standard InChI is InChI=1S/C13H17NO3/c1-2-17-12-6-3-11(4-7-12)5-8-13(16)14-9-10-15/h3-8,15H,2,9-10H2,1H3,(H,14,16)/b8-5-. The van der Waals surface area contributed by atoms with Crippen LogP contribution in [0.25, 0.3) is 6.08 Å². The van der Waals surface area contributed by atoms with E-state index in [1.807, 2.05) is 31.2 Å². The molecule has 92 valence electrons. The van der Waals surface area contributed by atoms with Crippen molar-refractivity contribution in [1.82, 2.24) is 5.32 Å². The molecular formula is C13H17NO3. The Kier molecular flexibility index (Phi) is 5.82. The zero-order chi connectivity index (χ0) is 12.5. The Morgan fingerprint density at radius 3 is 2.71 bits per heavy atom. The van der Waals surface area contributed by atoms with Crippen LogP contribution in [0.2, 0.25) is 0 Å². The lowest BCUT2D eigenvalue weighted by Crippen LogP contribution is -2.24. The molecule has 0 radical (unpaired) electrons. The Hall–Kier alpha value is -1.81. The molecule has 0 aliphatic carbocycles. The molecule has 2 N–H and O–H groups in total. The lowest BCUT2D eigenvalue weighted by molar-refractivity contribution is -0.116. The van der Waals surface area contributed by atoms with E-state index in [0.717, 1.165) is 11.3 Å². The molecule has 4 nitrogen and oxygen atoms in total. The minimum Gasteiger partial charge on any atom is -0.494 e. The first-order valence-electron chi connectivity index (χ1n) is 5.56. The highest BCUT2D eigenvalue weighted by Crippen LogP contribution is 2.12. The van der Waals surface area contributed by atoms with Gasteiger partial charge < -0.3 is 15.2 Å². The van der Waals surface area contributed by atoms with Crippen LogP contribution in [-0.2, 0) is 4.79 Å². The number of rotatable bonds is 6. The van der Waals surface area contributed by atoms with Gasteiger partial charge in [-0.1, -0.05) is 12.1 Å². The topological polar surface area (TPSA) is 58.6 Å². The molecule has 0 aromatic heterocycles. The fourth-order valence-corrected chi connectivity index (χ4v) is 1.25. The highest BCUT2D eigenvalue weighted by molar-refractivity contribution is 5.91. The Balaban J connectivity index is 2.50. The van der Waals surface area contributed by atoms with Gasteiger partial charge in [-0.3, -0.25) is 4.79 Å². The van der Waals surface area contributed by atoms with E-state index in [0.29, 0.717) is 6.61 Å². The maximum absolute atomic E-state index is 11.2. The summed E-state index contributed by atoms with van der Waals surface area (Å²) in [6.45, 7) is 2.78. The van der Waals surface area contributed by atoms with Gasteiger partial charge in [0.1, 0.15) is 5.75 Å². The third-order valence-electron chi connectivity index (χ3n) is 2.03. The van der Waals surface area contributed by atoms with E-state index in [-0.39, 0.29) is 19.1 Å². The van der Waals surface area contributed by atoms with Crippen molar-refractivity contribution in [3.63, 3.8) is 0 Å². The molecule has 0 fully saturated rings. The highest BCUT2D eigenvalue weighted by atomic mass is 16.5. The van der Waals surface area contributed by atoms with E-state index in [9.17, 15) is 4.79 Å². The first-order valence-corrected chi connectivity index (χ1v) is 5.56. The molecule has 0 saturated carbocycles. The summed E-state index contributed by atoms with van der Waals surface area (Å²) in [6.07, 6.45) is 3.15. The monoisotopic (exact) mass is 235 g/mol. The summed E-state index contributed by atoms with van der Waals surface area (Å²) in [6, 6.07) is 7.46. The SMILES string of the molecule is CCOc1ccc(/C=C\C(=O)NCCO)cc1. The fourth-order valence-electron chi connectivity index (χ4n) is 1.25. The summed E-state index contributed by atoms with van der Waals surface area (Å²) in [5, 5.41) is 11.1. The van der Waals surface area contributed by atoms with Gasteiger partial charge in [-0.05, 0) is 30.7 Å². The summed E-state index contributed by atoms with van der Waals surface area (Å²) in [4.78, 5) is 11.2. The van der Waals surface area contributed by atoms with Crippen LogP contribution in [-0.4, -0.2) is 30.8 Å². The molecule has 1 rings (SSSR count). The Morgan fingerprint density at radius 2 is 2.12 bits per heavy atom. The number of hydrogen-bond donors (Lipinski definition) is 2. The first kappa shape index (κ1) is 13.3. The molecule has 0 atom stereocenters. The normalized spacial score (nSPS) is 10.5. The van der Waals surface area contributed by atoms with Gasteiger partial charge in [0.2, 0.25) is 5.91 Å². The number of benzene rings is 1. The summed E-state index contributed by atoms with van der Waals surface area (Å²) < 4.78 is 5.31. The van der Waals surface area contributed by atoms with Crippen molar-refractivity contribution < 1.29 is 14.6 Å². The zero-order valence-corrected chi connectivity index (χ0v) is 9.85. The summed E-state index contributed by atoms with van der Waals surface area (Å²) in [7, 11) is 0. The van der Waals surface area contributed by atoms with Crippen LogP contribution in [0.1, 0.15) is 12.5 Å². The van der Waals surface area contributed by atoms with Crippen LogP contribution in [0.4, 0.5) is 0 Å². The molecular weight excluding hydrogens is 218 g/mol. The third kappa shape index (κ3) is 5.17. The quantitative estimate of drug-likeness (QED) is 0.729. The summed E-state index contributed by atoms with van der Waals surface area (Å²) >= 11 is 0. The van der Waals surface area contributed by atoms with Crippen LogP contribution in [0.5, 0.6) is 5.75 Å². The molecule has 0 spiro atoms. The van der Waals surface area contributed by atoms with E-state index in [4.69, 9.17) is 9.84 Å². The minimum absolute atomic E-state index is 0.0529. The molecule has 0 unspecified atom stereocenters. The molecule has 1 amide bonds. The van der Waals surface area contributed by atoms with Gasteiger partial charge in [0.15, 0.2) is 0 Å². The maximum atomic E-state index is 11.2. The van der Waals surface area contributed by atoms with Crippen molar-refractivity contribution in [1.29, 1.82) is 0 Å². The third-order valence-corrected chi connectivity index (χ3v) is 2.03. The average Bonchev–Trinajstić information content (AvgIpc) is 2.36. The maximum Gasteiger partial charge on any atom is 0.244 e. The number of ether oxygens (including phenoxy) is 1. The van der Waals surface area contributed by atoms with Gasteiger partial charge >= 0.3 is 0 Å². The number of carbonyl (C=O) groups is 1. The number of aliphatic hydroxyl groups is 1. The fraction of sp³-hybridized carbons (Fsp3) is 0.308. The van der Waals surface area contributed by atoms with Crippen LogP contribution in [0, 0.1) is 0 Å². The molecule has 0 saturated heterocycles.